The van der Waals surface area contributed by atoms with E-state index in [1.54, 1.807) is 6.92 Å². The first-order valence-corrected chi connectivity index (χ1v) is 3.67. The second-order valence-corrected chi connectivity index (χ2v) is 3.04. The largest absolute Gasteiger partial charge is 0.384 e. The molecule has 2 unspecified atom stereocenters. The molecule has 0 aliphatic carbocycles. The van der Waals surface area contributed by atoms with Crippen LogP contribution in [0.3, 0.4) is 0 Å². The van der Waals surface area contributed by atoms with Gasteiger partial charge in [-0.3, -0.25) is 0 Å². The topological polar surface area (TPSA) is 29.5 Å². The molecule has 66 valence electrons. The van der Waals surface area contributed by atoms with Gasteiger partial charge in [0.05, 0.1) is 6.10 Å². The quantitative estimate of drug-likeness (QED) is 0.633. The molecule has 0 aromatic heterocycles. The molecule has 0 bridgehead atoms. The predicted octanol–water partition coefficient (Wildman–Crippen LogP) is 1.18. The maximum absolute atomic E-state index is 12.2. The number of halogens is 2. The molecule has 1 aliphatic rings. The van der Waals surface area contributed by atoms with Crippen LogP contribution in [-0.2, 0) is 4.74 Å². The van der Waals surface area contributed by atoms with Crippen molar-refractivity contribution in [1.82, 2.24) is 0 Å². The summed E-state index contributed by atoms with van der Waals surface area (Å²) in [6, 6.07) is 0. The van der Waals surface area contributed by atoms with Crippen LogP contribution < -0.4 is 0 Å². The molecule has 0 spiro atoms. The molecule has 2 nitrogen and oxygen atoms in total. The van der Waals surface area contributed by atoms with Crippen LogP contribution in [0.2, 0.25) is 0 Å². The number of hydrogen-bond donors (Lipinski definition) is 1. The Morgan fingerprint density at radius 2 is 2.27 bits per heavy atom. The van der Waals surface area contributed by atoms with Gasteiger partial charge in [0.25, 0.3) is 6.43 Å². The van der Waals surface area contributed by atoms with Gasteiger partial charge in [-0.05, 0) is 6.92 Å². The van der Waals surface area contributed by atoms with Crippen molar-refractivity contribution in [3.63, 3.8) is 0 Å². The van der Waals surface area contributed by atoms with E-state index in [-0.39, 0.29) is 25.6 Å². The van der Waals surface area contributed by atoms with Gasteiger partial charge in [0.2, 0.25) is 0 Å². The molecule has 0 saturated carbocycles. The molecule has 0 radical (unpaired) electrons. The number of aliphatic hydroxyl groups is 1. The van der Waals surface area contributed by atoms with Crippen LogP contribution in [-0.4, -0.2) is 29.8 Å². The molecule has 2 atom stereocenters. The van der Waals surface area contributed by atoms with Crippen molar-refractivity contribution < 1.29 is 18.6 Å². The molecule has 1 aliphatic heterocycles. The molecule has 0 amide bonds. The lowest BCUT2D eigenvalue weighted by Gasteiger charge is -2.34. The zero-order valence-electron chi connectivity index (χ0n) is 6.39. The third-order valence-corrected chi connectivity index (χ3v) is 1.98. The van der Waals surface area contributed by atoms with Crippen LogP contribution in [0, 0.1) is 0 Å². The normalized spacial score (nSPS) is 39.5. The maximum Gasteiger partial charge on any atom is 0.266 e. The zero-order chi connectivity index (χ0) is 8.48. The van der Waals surface area contributed by atoms with Crippen molar-refractivity contribution in [2.45, 2.75) is 37.9 Å². The van der Waals surface area contributed by atoms with Crippen LogP contribution in [0.4, 0.5) is 8.78 Å². The van der Waals surface area contributed by atoms with E-state index >= 15 is 0 Å². The maximum atomic E-state index is 12.2. The lowest BCUT2D eigenvalue weighted by atomic mass is 9.91. The SMILES string of the molecule is CC1CC(O)(C(F)F)CCO1. The van der Waals surface area contributed by atoms with E-state index in [0.717, 1.165) is 0 Å². The van der Waals surface area contributed by atoms with Crippen LogP contribution in [0.25, 0.3) is 0 Å². The Morgan fingerprint density at radius 1 is 1.64 bits per heavy atom. The van der Waals surface area contributed by atoms with Crippen molar-refractivity contribution >= 4 is 0 Å². The van der Waals surface area contributed by atoms with E-state index in [2.05, 4.69) is 0 Å². The van der Waals surface area contributed by atoms with Crippen molar-refractivity contribution in [1.29, 1.82) is 0 Å². The molecular formula is C7H12F2O2. The molecule has 1 rings (SSSR count). The molecule has 0 aromatic carbocycles. The molecule has 1 saturated heterocycles. The van der Waals surface area contributed by atoms with Gasteiger partial charge < -0.3 is 9.84 Å². The first kappa shape index (κ1) is 8.87. The van der Waals surface area contributed by atoms with E-state index < -0.39 is 12.0 Å². The number of hydrogen-bond acceptors (Lipinski definition) is 2. The highest BCUT2D eigenvalue weighted by Crippen LogP contribution is 2.30. The average Bonchev–Trinajstić information content (AvgIpc) is 1.86. The molecule has 0 aromatic rings. The minimum atomic E-state index is -2.66. The molecule has 1 heterocycles. The van der Waals surface area contributed by atoms with Gasteiger partial charge in [-0.15, -0.1) is 0 Å². The lowest BCUT2D eigenvalue weighted by molar-refractivity contribution is -0.165. The summed E-state index contributed by atoms with van der Waals surface area (Å²) in [4.78, 5) is 0. The summed E-state index contributed by atoms with van der Waals surface area (Å²) in [5.41, 5.74) is -1.81. The molecule has 1 N–H and O–H groups in total. The number of rotatable bonds is 1. The van der Waals surface area contributed by atoms with E-state index in [1.807, 2.05) is 0 Å². The molecule has 11 heavy (non-hydrogen) atoms. The van der Waals surface area contributed by atoms with E-state index in [4.69, 9.17) is 4.74 Å². The number of alkyl halides is 2. The van der Waals surface area contributed by atoms with Gasteiger partial charge >= 0.3 is 0 Å². The fraction of sp³-hybridized carbons (Fsp3) is 1.00. The van der Waals surface area contributed by atoms with Crippen LogP contribution >= 0.6 is 0 Å². The van der Waals surface area contributed by atoms with Gasteiger partial charge in [0, 0.05) is 19.4 Å². The summed E-state index contributed by atoms with van der Waals surface area (Å²) in [5, 5.41) is 9.29. The Bertz CT molecular complexity index is 140. The van der Waals surface area contributed by atoms with Crippen molar-refractivity contribution in [3.05, 3.63) is 0 Å². The van der Waals surface area contributed by atoms with Gasteiger partial charge in [-0.1, -0.05) is 0 Å². The van der Waals surface area contributed by atoms with Crippen LogP contribution in [0.1, 0.15) is 19.8 Å². The third kappa shape index (κ3) is 1.87. The average molecular weight is 166 g/mol. The van der Waals surface area contributed by atoms with Crippen molar-refractivity contribution in [2.24, 2.45) is 0 Å². The first-order valence-electron chi connectivity index (χ1n) is 3.67. The highest BCUT2D eigenvalue weighted by atomic mass is 19.3. The van der Waals surface area contributed by atoms with E-state index in [9.17, 15) is 13.9 Å². The van der Waals surface area contributed by atoms with Crippen molar-refractivity contribution in [3.8, 4) is 0 Å². The first-order chi connectivity index (χ1) is 5.04. The highest BCUT2D eigenvalue weighted by Gasteiger charge is 2.41. The minimum absolute atomic E-state index is 0.0324. The lowest BCUT2D eigenvalue weighted by Crippen LogP contribution is -2.45. The van der Waals surface area contributed by atoms with Gasteiger partial charge in [-0.25, -0.2) is 8.78 Å². The standard InChI is InChI=1S/C7H12F2O2/c1-5-4-7(10,6(8)9)2-3-11-5/h5-6,10H,2-4H2,1H3. The van der Waals surface area contributed by atoms with E-state index in [0.29, 0.717) is 0 Å². The fourth-order valence-corrected chi connectivity index (χ4v) is 1.29. The third-order valence-electron chi connectivity index (χ3n) is 1.98. The Balaban J connectivity index is 2.55. The monoisotopic (exact) mass is 166 g/mol. The Hall–Kier alpha value is -0.220. The van der Waals surface area contributed by atoms with E-state index in [1.165, 1.54) is 0 Å². The summed E-state index contributed by atoms with van der Waals surface area (Å²) < 4.78 is 29.4. The summed E-state index contributed by atoms with van der Waals surface area (Å²) in [6.45, 7) is 1.91. The van der Waals surface area contributed by atoms with Gasteiger partial charge in [-0.2, -0.15) is 0 Å². The second kappa shape index (κ2) is 3.03. The summed E-state index contributed by atoms with van der Waals surface area (Å²) in [6.07, 6.45) is -2.85. The summed E-state index contributed by atoms with van der Waals surface area (Å²) >= 11 is 0. The van der Waals surface area contributed by atoms with Crippen LogP contribution in [0.15, 0.2) is 0 Å². The Kier molecular flexibility index (Phi) is 2.44. The fourth-order valence-electron chi connectivity index (χ4n) is 1.29. The summed E-state index contributed by atoms with van der Waals surface area (Å²) in [5.74, 6) is 0. The second-order valence-electron chi connectivity index (χ2n) is 3.04. The highest BCUT2D eigenvalue weighted by molar-refractivity contribution is 4.86. The minimum Gasteiger partial charge on any atom is -0.384 e. The summed E-state index contributed by atoms with van der Waals surface area (Å²) in [7, 11) is 0. The molecule has 1 fully saturated rings. The smallest absolute Gasteiger partial charge is 0.266 e. The number of ether oxygens (including phenoxy) is 1. The van der Waals surface area contributed by atoms with Gasteiger partial charge in [0.1, 0.15) is 5.60 Å². The van der Waals surface area contributed by atoms with Crippen LogP contribution in [0.5, 0.6) is 0 Å². The van der Waals surface area contributed by atoms with Crippen molar-refractivity contribution in [2.75, 3.05) is 6.61 Å². The molecule has 4 heteroatoms. The van der Waals surface area contributed by atoms with Gasteiger partial charge in [0.15, 0.2) is 0 Å². The zero-order valence-corrected chi connectivity index (χ0v) is 6.39. The molecular weight excluding hydrogens is 154 g/mol. The Labute approximate surface area is 64.2 Å². The Morgan fingerprint density at radius 3 is 2.64 bits per heavy atom. The predicted molar refractivity (Wildman–Crippen MR) is 35.6 cm³/mol.